The second-order valence-electron chi connectivity index (χ2n) is 7.89. The van der Waals surface area contributed by atoms with Gasteiger partial charge in [0.1, 0.15) is 18.2 Å². The van der Waals surface area contributed by atoms with Crippen molar-refractivity contribution in [2.75, 3.05) is 25.9 Å². The first-order valence-corrected chi connectivity index (χ1v) is 13.2. The molecule has 1 aliphatic heterocycles. The van der Waals surface area contributed by atoms with Crippen molar-refractivity contribution < 1.29 is 26.2 Å². The van der Waals surface area contributed by atoms with Crippen molar-refractivity contribution in [2.24, 2.45) is 0 Å². The molecule has 1 heterocycles. The fraction of sp³-hybridized carbons (Fsp3) is 0.750. The highest BCUT2D eigenvalue weighted by Gasteiger charge is 2.42. The number of hydrogen-bond donors (Lipinski definition) is 0. The van der Waals surface area contributed by atoms with Crippen LogP contribution in [0, 0.1) is 0 Å². The quantitative estimate of drug-likeness (QED) is 0.448. The van der Waals surface area contributed by atoms with Gasteiger partial charge in [0.2, 0.25) is 15.9 Å². The number of nitrogens with zero attached hydrogens (tertiary/aromatic N) is 3. The molecule has 0 spiro atoms. The fourth-order valence-electron chi connectivity index (χ4n) is 3.23. The van der Waals surface area contributed by atoms with Gasteiger partial charge in [-0.2, -0.15) is 4.31 Å². The lowest BCUT2D eigenvalue weighted by atomic mass is 10.2. The molecule has 0 radical (unpaired) electrons. The van der Waals surface area contributed by atoms with E-state index in [0.717, 1.165) is 18.2 Å². The maximum Gasteiger partial charge on any atom is 0.222 e. The molecule has 180 valence electrons. The molecule has 0 aromatic carbocycles. The van der Waals surface area contributed by atoms with E-state index in [9.17, 15) is 26.2 Å². The van der Waals surface area contributed by atoms with Crippen LogP contribution in [0.3, 0.4) is 0 Å². The molecular formula is C20H35F2N3O4S2. The highest BCUT2D eigenvalue weighted by molar-refractivity contribution is 7.90. The lowest BCUT2D eigenvalue weighted by Crippen LogP contribution is -2.62. The Morgan fingerprint density at radius 3 is 2.42 bits per heavy atom. The van der Waals surface area contributed by atoms with Gasteiger partial charge in [0.25, 0.3) is 0 Å². The van der Waals surface area contributed by atoms with Crippen LogP contribution in [0.15, 0.2) is 24.1 Å². The zero-order valence-corrected chi connectivity index (χ0v) is 20.8. The van der Waals surface area contributed by atoms with E-state index in [2.05, 4.69) is 0 Å². The van der Waals surface area contributed by atoms with E-state index in [0.29, 0.717) is 12.8 Å². The maximum absolute atomic E-state index is 13.7. The van der Waals surface area contributed by atoms with Crippen molar-refractivity contribution in [1.29, 1.82) is 0 Å². The molecule has 0 saturated carbocycles. The molecule has 1 fully saturated rings. The van der Waals surface area contributed by atoms with Crippen LogP contribution < -0.4 is 0 Å². The lowest BCUT2D eigenvalue weighted by molar-refractivity contribution is -0.134. The zero-order chi connectivity index (χ0) is 23.9. The van der Waals surface area contributed by atoms with Gasteiger partial charge in [-0.25, -0.2) is 25.7 Å². The van der Waals surface area contributed by atoms with Gasteiger partial charge in [-0.3, -0.25) is 4.79 Å². The Hall–Kier alpha value is -1.17. The first kappa shape index (κ1) is 27.9. The molecule has 31 heavy (non-hydrogen) atoms. The molecule has 1 saturated heterocycles. The van der Waals surface area contributed by atoms with Crippen molar-refractivity contribution in [3.05, 3.63) is 24.1 Å². The van der Waals surface area contributed by atoms with Crippen molar-refractivity contribution in [3.63, 3.8) is 0 Å². The Bertz CT molecular complexity index is 800. The van der Waals surface area contributed by atoms with Gasteiger partial charge in [0.15, 0.2) is 0 Å². The molecule has 0 aromatic heterocycles. The molecule has 0 N–H and O–H groups in total. The molecule has 4 unspecified atom stereocenters. The summed E-state index contributed by atoms with van der Waals surface area (Å²) < 4.78 is 68.2. The van der Waals surface area contributed by atoms with Gasteiger partial charge in [0.05, 0.1) is 28.5 Å². The number of alkyl halides is 1. The zero-order valence-electron chi connectivity index (χ0n) is 19.1. The van der Waals surface area contributed by atoms with E-state index in [1.807, 2.05) is 20.8 Å². The predicted octanol–water partition coefficient (Wildman–Crippen LogP) is 2.75. The van der Waals surface area contributed by atoms with Crippen LogP contribution in [0.2, 0.25) is 0 Å². The molecule has 1 amide bonds. The predicted molar refractivity (Wildman–Crippen MR) is 120 cm³/mol. The van der Waals surface area contributed by atoms with E-state index in [1.165, 1.54) is 22.5 Å². The summed E-state index contributed by atoms with van der Waals surface area (Å²) >= 11 is 0. The van der Waals surface area contributed by atoms with Crippen molar-refractivity contribution >= 4 is 26.9 Å². The highest BCUT2D eigenvalue weighted by atomic mass is 32.2. The first-order chi connectivity index (χ1) is 14.3. The summed E-state index contributed by atoms with van der Waals surface area (Å²) in [6, 6.07) is -0.161. The van der Waals surface area contributed by atoms with Gasteiger partial charge in [-0.05, 0) is 46.3 Å². The van der Waals surface area contributed by atoms with E-state index in [4.69, 9.17) is 0 Å². The van der Waals surface area contributed by atoms with Crippen LogP contribution in [-0.2, 0) is 25.8 Å². The third-order valence-corrected chi connectivity index (χ3v) is 8.63. The number of rotatable bonds is 10. The van der Waals surface area contributed by atoms with Crippen LogP contribution in [0.1, 0.15) is 47.5 Å². The monoisotopic (exact) mass is 483 g/mol. The summed E-state index contributed by atoms with van der Waals surface area (Å²) in [5.41, 5.74) is 0. The minimum atomic E-state index is -3.96. The highest BCUT2D eigenvalue weighted by Crippen LogP contribution is 2.23. The average molecular weight is 484 g/mol. The standard InChI is InChI=1S/C20H35F2N3O4S2/c1-7-8-20(26)24(15(2)3)14-19-23(6)30(27)12-11-25(19)31(28,29)17(5)9-10-18(22)13-16(4)21/h9-10,13,15-17,19H,7-8,11-12,14H2,1-6H3/b10-9-,18-13+. The van der Waals surface area contributed by atoms with Crippen LogP contribution in [0.5, 0.6) is 0 Å². The van der Waals surface area contributed by atoms with Crippen LogP contribution >= 0.6 is 0 Å². The smallest absolute Gasteiger partial charge is 0.222 e. The van der Waals surface area contributed by atoms with E-state index >= 15 is 0 Å². The molecule has 1 rings (SSSR count). The molecule has 7 nitrogen and oxygen atoms in total. The molecule has 1 aliphatic rings. The van der Waals surface area contributed by atoms with Crippen LogP contribution in [0.4, 0.5) is 8.78 Å². The van der Waals surface area contributed by atoms with Crippen molar-refractivity contribution in [3.8, 4) is 0 Å². The van der Waals surface area contributed by atoms with Crippen molar-refractivity contribution in [1.82, 2.24) is 13.5 Å². The summed E-state index contributed by atoms with van der Waals surface area (Å²) in [6.45, 7) is 8.25. The SMILES string of the molecule is CCCC(=O)N(CC1N(C)S(=O)CCN1S(=O)(=O)C(C)/C=C\C(F)=C/C(C)F)C(C)C. The Balaban J connectivity index is 3.21. The molecule has 0 aliphatic carbocycles. The van der Waals surface area contributed by atoms with Gasteiger partial charge < -0.3 is 4.90 Å². The number of hydrogen-bond acceptors (Lipinski definition) is 4. The number of sulfonamides is 1. The maximum atomic E-state index is 13.7. The number of likely N-dealkylation sites (N-methyl/N-ethyl adjacent to an activating group) is 1. The van der Waals surface area contributed by atoms with Gasteiger partial charge >= 0.3 is 0 Å². The lowest BCUT2D eigenvalue weighted by Gasteiger charge is -2.43. The number of carbonyl (C=O) groups excluding carboxylic acids is 1. The average Bonchev–Trinajstić information content (AvgIpc) is 2.66. The molecule has 0 bridgehead atoms. The Morgan fingerprint density at radius 1 is 1.29 bits per heavy atom. The second kappa shape index (κ2) is 12.2. The van der Waals surface area contributed by atoms with Crippen molar-refractivity contribution in [2.45, 2.75) is 71.1 Å². The Kier molecular flexibility index (Phi) is 10.9. The first-order valence-electron chi connectivity index (χ1n) is 10.4. The summed E-state index contributed by atoms with van der Waals surface area (Å²) in [5, 5.41) is -1.09. The third kappa shape index (κ3) is 7.73. The van der Waals surface area contributed by atoms with Gasteiger partial charge in [-0.1, -0.05) is 13.0 Å². The van der Waals surface area contributed by atoms with Crippen LogP contribution in [0.25, 0.3) is 0 Å². The molecule has 4 atom stereocenters. The summed E-state index contributed by atoms with van der Waals surface area (Å²) in [7, 11) is -3.78. The fourth-order valence-corrected chi connectivity index (χ4v) is 6.10. The minimum absolute atomic E-state index is 0.0237. The molecular weight excluding hydrogens is 448 g/mol. The Morgan fingerprint density at radius 2 is 1.90 bits per heavy atom. The van der Waals surface area contributed by atoms with Gasteiger partial charge in [0, 0.05) is 26.1 Å². The second-order valence-corrected chi connectivity index (χ2v) is 11.8. The van der Waals surface area contributed by atoms with E-state index < -0.39 is 44.4 Å². The molecule has 0 aromatic rings. The topological polar surface area (TPSA) is 78.0 Å². The van der Waals surface area contributed by atoms with Crippen LogP contribution in [-0.4, -0.2) is 81.6 Å². The third-order valence-electron chi connectivity index (χ3n) is 5.04. The number of allylic oxidation sites excluding steroid dienone is 3. The Labute approximate surface area is 187 Å². The minimum Gasteiger partial charge on any atom is -0.337 e. The largest absolute Gasteiger partial charge is 0.337 e. The van der Waals surface area contributed by atoms with E-state index in [-0.39, 0.29) is 30.8 Å². The number of halogens is 2. The van der Waals surface area contributed by atoms with E-state index in [1.54, 1.807) is 11.9 Å². The number of carbonyl (C=O) groups is 1. The van der Waals surface area contributed by atoms with Gasteiger partial charge in [-0.15, -0.1) is 0 Å². The summed E-state index contributed by atoms with van der Waals surface area (Å²) in [4.78, 5) is 14.2. The normalized spacial score (nSPS) is 24.0. The summed E-state index contributed by atoms with van der Waals surface area (Å²) in [6.07, 6.45) is 1.53. The number of amides is 1. The summed E-state index contributed by atoms with van der Waals surface area (Å²) in [5.74, 6) is -0.831. The molecule has 11 heteroatoms.